The molecular formula is C24H28N4O5S. The average molecular weight is 485 g/mol. The monoisotopic (exact) mass is 484 g/mol. The van der Waals surface area contributed by atoms with Crippen molar-refractivity contribution >= 4 is 27.5 Å². The third-order valence-electron chi connectivity index (χ3n) is 5.42. The lowest BCUT2D eigenvalue weighted by atomic mass is 10.1. The van der Waals surface area contributed by atoms with E-state index in [9.17, 15) is 18.0 Å². The van der Waals surface area contributed by atoms with E-state index in [-0.39, 0.29) is 23.3 Å². The molecule has 0 aliphatic rings. The molecular weight excluding hydrogens is 456 g/mol. The van der Waals surface area contributed by atoms with Gasteiger partial charge in [0.05, 0.1) is 24.2 Å². The summed E-state index contributed by atoms with van der Waals surface area (Å²) in [6.45, 7) is 4.39. The van der Waals surface area contributed by atoms with Gasteiger partial charge in [0.25, 0.3) is 5.91 Å². The minimum Gasteiger partial charge on any atom is -0.468 e. The molecule has 0 saturated carbocycles. The first kappa shape index (κ1) is 25.2. The largest absolute Gasteiger partial charge is 0.468 e. The fourth-order valence-electron chi connectivity index (χ4n) is 3.47. The van der Waals surface area contributed by atoms with Crippen LogP contribution >= 0.6 is 0 Å². The van der Waals surface area contributed by atoms with Gasteiger partial charge in [-0.3, -0.25) is 14.5 Å². The van der Waals surface area contributed by atoms with Crippen molar-refractivity contribution in [2.45, 2.75) is 31.8 Å². The molecule has 0 atom stereocenters. The molecule has 0 aliphatic carbocycles. The van der Waals surface area contributed by atoms with Gasteiger partial charge in [-0.2, -0.15) is 0 Å². The third kappa shape index (κ3) is 6.53. The fraction of sp³-hybridized carbons (Fsp3) is 0.250. The second kappa shape index (κ2) is 10.6. The Labute approximate surface area is 199 Å². The Hall–Kier alpha value is -3.47. The number of aryl methyl sites for hydroxylation is 1. The molecule has 0 bridgehead atoms. The van der Waals surface area contributed by atoms with E-state index >= 15 is 0 Å². The minimum atomic E-state index is -3.91. The maximum Gasteiger partial charge on any atom is 0.251 e. The van der Waals surface area contributed by atoms with Crippen LogP contribution in [0.4, 0.5) is 5.69 Å². The smallest absolute Gasteiger partial charge is 0.251 e. The Morgan fingerprint density at radius 2 is 1.76 bits per heavy atom. The van der Waals surface area contributed by atoms with Gasteiger partial charge in [0, 0.05) is 24.8 Å². The summed E-state index contributed by atoms with van der Waals surface area (Å²) in [5.74, 6) is 0.200. The molecule has 34 heavy (non-hydrogen) atoms. The number of hydrogen-bond acceptors (Lipinski definition) is 6. The van der Waals surface area contributed by atoms with Crippen LogP contribution < -0.4 is 15.8 Å². The number of carbonyl (C=O) groups excluding carboxylic acids is 2. The van der Waals surface area contributed by atoms with E-state index in [4.69, 9.17) is 9.56 Å². The number of nitrogens with two attached hydrogens (primary N) is 1. The molecule has 2 amide bonds. The molecule has 1 heterocycles. The molecule has 10 heteroatoms. The number of furan rings is 1. The van der Waals surface area contributed by atoms with Crippen LogP contribution in [0.1, 0.15) is 32.8 Å². The number of hydrogen-bond donors (Lipinski definition) is 3. The van der Waals surface area contributed by atoms with E-state index in [0.29, 0.717) is 35.7 Å². The highest BCUT2D eigenvalue weighted by Crippen LogP contribution is 2.24. The minimum absolute atomic E-state index is 0.0238. The maximum absolute atomic E-state index is 12.9. The number of sulfonamides is 1. The summed E-state index contributed by atoms with van der Waals surface area (Å²) in [4.78, 5) is 26.5. The van der Waals surface area contributed by atoms with Gasteiger partial charge in [-0.25, -0.2) is 13.6 Å². The van der Waals surface area contributed by atoms with Crippen molar-refractivity contribution in [1.29, 1.82) is 0 Å². The summed E-state index contributed by atoms with van der Waals surface area (Å²) in [6.07, 6.45) is 1.57. The predicted molar refractivity (Wildman–Crippen MR) is 129 cm³/mol. The summed E-state index contributed by atoms with van der Waals surface area (Å²) in [6, 6.07) is 13.6. The van der Waals surface area contributed by atoms with Gasteiger partial charge in [0.2, 0.25) is 15.9 Å². The van der Waals surface area contributed by atoms with Gasteiger partial charge < -0.3 is 15.1 Å². The topological polar surface area (TPSA) is 135 Å². The molecule has 4 N–H and O–H groups in total. The van der Waals surface area contributed by atoms with Crippen molar-refractivity contribution < 1.29 is 22.4 Å². The van der Waals surface area contributed by atoms with E-state index in [0.717, 1.165) is 11.1 Å². The number of anilines is 1. The molecule has 3 aromatic rings. The van der Waals surface area contributed by atoms with Crippen LogP contribution in [0.15, 0.2) is 64.1 Å². The Morgan fingerprint density at radius 3 is 2.35 bits per heavy atom. The van der Waals surface area contributed by atoms with Crippen LogP contribution in [0.3, 0.4) is 0 Å². The van der Waals surface area contributed by atoms with Gasteiger partial charge in [-0.05, 0) is 66.9 Å². The maximum atomic E-state index is 12.9. The van der Waals surface area contributed by atoms with Crippen molar-refractivity contribution in [2.75, 3.05) is 18.9 Å². The normalized spacial score (nSPS) is 11.4. The van der Waals surface area contributed by atoms with Gasteiger partial charge in [0.15, 0.2) is 0 Å². The lowest BCUT2D eigenvalue weighted by Gasteiger charge is -2.22. The average Bonchev–Trinajstić information content (AvgIpc) is 3.29. The molecule has 0 aliphatic heterocycles. The molecule has 0 radical (unpaired) electrons. The number of primary sulfonamides is 1. The number of nitrogens with one attached hydrogen (secondary N) is 2. The van der Waals surface area contributed by atoms with Crippen LogP contribution in [0.5, 0.6) is 0 Å². The van der Waals surface area contributed by atoms with Gasteiger partial charge in [-0.1, -0.05) is 12.1 Å². The number of amides is 2. The lowest BCUT2D eigenvalue weighted by molar-refractivity contribution is -0.117. The summed E-state index contributed by atoms with van der Waals surface area (Å²) >= 11 is 0. The number of carbonyl (C=O) groups is 2. The van der Waals surface area contributed by atoms with E-state index in [1.165, 1.54) is 12.1 Å². The molecule has 0 unspecified atom stereocenters. The van der Waals surface area contributed by atoms with Crippen molar-refractivity contribution in [3.8, 4) is 0 Å². The van der Waals surface area contributed by atoms with Crippen LogP contribution in [0.25, 0.3) is 0 Å². The summed E-state index contributed by atoms with van der Waals surface area (Å²) < 4.78 is 29.0. The summed E-state index contributed by atoms with van der Waals surface area (Å²) in [7, 11) is -2.34. The second-order valence-corrected chi connectivity index (χ2v) is 9.57. The van der Waals surface area contributed by atoms with Crippen LogP contribution in [-0.4, -0.2) is 38.7 Å². The van der Waals surface area contributed by atoms with Crippen LogP contribution in [0.2, 0.25) is 0 Å². The molecule has 0 fully saturated rings. The molecule has 180 valence electrons. The summed E-state index contributed by atoms with van der Waals surface area (Å²) in [5, 5.41) is 10.7. The zero-order valence-corrected chi connectivity index (χ0v) is 20.1. The van der Waals surface area contributed by atoms with Gasteiger partial charge >= 0.3 is 0 Å². The lowest BCUT2D eigenvalue weighted by Crippen LogP contribution is -2.32. The number of nitrogens with zero attached hydrogens (tertiary/aromatic N) is 1. The first-order valence-corrected chi connectivity index (χ1v) is 12.1. The van der Waals surface area contributed by atoms with Crippen molar-refractivity contribution in [3.05, 3.63) is 82.8 Å². The molecule has 3 rings (SSSR count). The van der Waals surface area contributed by atoms with Crippen molar-refractivity contribution in [3.63, 3.8) is 0 Å². The SMILES string of the molecule is CNC(=O)c1ccc(CN(CC(=O)Nc2cc(S(N)(=O)=O)cc(C)c2C)Cc2ccco2)cc1. The zero-order chi connectivity index (χ0) is 24.9. The summed E-state index contributed by atoms with van der Waals surface area (Å²) in [5.41, 5.74) is 3.30. The Bertz CT molecular complexity index is 1270. The predicted octanol–water partition coefficient (Wildman–Crippen LogP) is 2.54. The fourth-order valence-corrected chi connectivity index (χ4v) is 4.09. The van der Waals surface area contributed by atoms with E-state index in [2.05, 4.69) is 10.6 Å². The van der Waals surface area contributed by atoms with Crippen molar-refractivity contribution in [1.82, 2.24) is 10.2 Å². The van der Waals surface area contributed by atoms with E-state index in [1.807, 2.05) is 23.1 Å². The first-order valence-electron chi connectivity index (χ1n) is 10.6. The highest BCUT2D eigenvalue weighted by Gasteiger charge is 2.17. The zero-order valence-electron chi connectivity index (χ0n) is 19.3. The Kier molecular flexibility index (Phi) is 7.87. The molecule has 2 aromatic carbocycles. The Balaban J connectivity index is 1.78. The van der Waals surface area contributed by atoms with Crippen LogP contribution in [0, 0.1) is 13.8 Å². The third-order valence-corrected chi connectivity index (χ3v) is 6.31. The molecule has 0 spiro atoms. The van der Waals surface area contributed by atoms with Crippen molar-refractivity contribution in [2.24, 2.45) is 5.14 Å². The van der Waals surface area contributed by atoms with Gasteiger partial charge in [-0.15, -0.1) is 0 Å². The van der Waals surface area contributed by atoms with E-state index < -0.39 is 10.0 Å². The highest BCUT2D eigenvalue weighted by molar-refractivity contribution is 7.89. The Morgan fingerprint density at radius 1 is 1.06 bits per heavy atom. The van der Waals surface area contributed by atoms with Crippen LogP contribution in [-0.2, 0) is 27.9 Å². The van der Waals surface area contributed by atoms with E-state index in [1.54, 1.807) is 45.4 Å². The highest BCUT2D eigenvalue weighted by atomic mass is 32.2. The molecule has 9 nitrogen and oxygen atoms in total. The number of rotatable bonds is 9. The molecule has 1 aromatic heterocycles. The van der Waals surface area contributed by atoms with Gasteiger partial charge in [0.1, 0.15) is 5.76 Å². The molecule has 0 saturated heterocycles. The first-order chi connectivity index (χ1) is 16.1. The standard InChI is InChI=1S/C24H28N4O5S/c1-16-11-21(34(25,31)32)12-22(17(16)2)27-23(29)15-28(14-20-5-4-10-33-20)13-18-6-8-19(9-7-18)24(30)26-3/h4-12H,13-15H2,1-3H3,(H,26,30)(H,27,29)(H2,25,31,32). The quantitative estimate of drug-likeness (QED) is 0.427. The second-order valence-electron chi connectivity index (χ2n) is 8.01. The number of benzene rings is 2.